The SMILES string of the molecule is C#CCc1ccc(COC(=O)[C@@H](Nc2ccc(C)cc2)C(C)C)cc1. The number of ether oxygens (including phenoxy) is 1. The summed E-state index contributed by atoms with van der Waals surface area (Å²) in [7, 11) is 0. The lowest BCUT2D eigenvalue weighted by Crippen LogP contribution is -2.36. The van der Waals surface area contributed by atoms with Gasteiger partial charge in [0.05, 0.1) is 0 Å². The summed E-state index contributed by atoms with van der Waals surface area (Å²) >= 11 is 0. The van der Waals surface area contributed by atoms with Gasteiger partial charge in [-0.3, -0.25) is 0 Å². The van der Waals surface area contributed by atoms with Gasteiger partial charge in [-0.15, -0.1) is 12.3 Å². The van der Waals surface area contributed by atoms with Crippen LogP contribution in [-0.2, 0) is 22.6 Å². The molecule has 25 heavy (non-hydrogen) atoms. The van der Waals surface area contributed by atoms with E-state index in [-0.39, 0.29) is 24.5 Å². The monoisotopic (exact) mass is 335 g/mol. The number of carbonyl (C=O) groups is 1. The predicted molar refractivity (Wildman–Crippen MR) is 102 cm³/mol. The van der Waals surface area contributed by atoms with E-state index >= 15 is 0 Å². The van der Waals surface area contributed by atoms with Gasteiger partial charge in [-0.1, -0.05) is 55.8 Å². The van der Waals surface area contributed by atoms with Crippen molar-refractivity contribution in [3.63, 3.8) is 0 Å². The fourth-order valence-electron chi connectivity index (χ4n) is 2.44. The molecule has 1 atom stereocenters. The van der Waals surface area contributed by atoms with Crippen molar-refractivity contribution in [1.82, 2.24) is 0 Å². The molecule has 0 unspecified atom stereocenters. The Bertz CT molecular complexity index is 724. The molecule has 0 spiro atoms. The Kier molecular flexibility index (Phi) is 6.65. The number of nitrogens with one attached hydrogen (secondary N) is 1. The molecule has 0 aromatic heterocycles. The van der Waals surface area contributed by atoms with E-state index in [1.165, 1.54) is 5.56 Å². The van der Waals surface area contributed by atoms with E-state index in [0.29, 0.717) is 6.42 Å². The van der Waals surface area contributed by atoms with Crippen molar-refractivity contribution in [2.45, 2.75) is 39.8 Å². The van der Waals surface area contributed by atoms with Crippen LogP contribution in [0.5, 0.6) is 0 Å². The van der Waals surface area contributed by atoms with Gasteiger partial charge in [0.15, 0.2) is 0 Å². The van der Waals surface area contributed by atoms with Gasteiger partial charge < -0.3 is 10.1 Å². The Morgan fingerprint density at radius 2 is 1.68 bits per heavy atom. The molecule has 130 valence electrons. The summed E-state index contributed by atoms with van der Waals surface area (Å²) in [6.07, 6.45) is 5.91. The second-order valence-corrected chi connectivity index (χ2v) is 6.54. The van der Waals surface area contributed by atoms with Crippen LogP contribution in [0.3, 0.4) is 0 Å². The molecule has 0 heterocycles. The van der Waals surface area contributed by atoms with Crippen LogP contribution in [-0.4, -0.2) is 12.0 Å². The van der Waals surface area contributed by atoms with Gasteiger partial charge in [0, 0.05) is 12.1 Å². The largest absolute Gasteiger partial charge is 0.459 e. The highest BCUT2D eigenvalue weighted by molar-refractivity contribution is 5.79. The number of esters is 1. The zero-order valence-corrected chi connectivity index (χ0v) is 15.1. The molecule has 3 heteroatoms. The molecule has 0 aliphatic rings. The fourth-order valence-corrected chi connectivity index (χ4v) is 2.44. The third-order valence-electron chi connectivity index (χ3n) is 4.00. The molecule has 0 radical (unpaired) electrons. The number of rotatable bonds is 7. The minimum Gasteiger partial charge on any atom is -0.459 e. The van der Waals surface area contributed by atoms with Crippen molar-refractivity contribution in [2.75, 3.05) is 5.32 Å². The molecule has 0 fully saturated rings. The van der Waals surface area contributed by atoms with Crippen LogP contribution in [0.1, 0.15) is 30.5 Å². The standard InChI is InChI=1S/C22H25NO2/c1-5-6-18-9-11-19(12-10-18)15-25-22(24)21(16(2)3)23-20-13-7-17(4)8-14-20/h1,7-14,16,21,23H,6,15H2,2-4H3/t21-/m0/s1. The first kappa shape index (κ1) is 18.6. The average molecular weight is 335 g/mol. The average Bonchev–Trinajstić information content (AvgIpc) is 2.60. The zero-order chi connectivity index (χ0) is 18.2. The fraction of sp³-hybridized carbons (Fsp3) is 0.318. The first-order valence-electron chi connectivity index (χ1n) is 8.50. The second kappa shape index (κ2) is 8.94. The number of aryl methyl sites for hydroxylation is 1. The van der Waals surface area contributed by atoms with E-state index < -0.39 is 0 Å². The van der Waals surface area contributed by atoms with E-state index in [2.05, 4.69) is 11.2 Å². The lowest BCUT2D eigenvalue weighted by molar-refractivity contribution is -0.146. The quantitative estimate of drug-likeness (QED) is 0.604. The van der Waals surface area contributed by atoms with Crippen LogP contribution in [0.4, 0.5) is 5.69 Å². The van der Waals surface area contributed by atoms with Crippen LogP contribution in [0.2, 0.25) is 0 Å². The summed E-state index contributed by atoms with van der Waals surface area (Å²) < 4.78 is 5.51. The number of anilines is 1. The van der Waals surface area contributed by atoms with Gasteiger partial charge in [-0.2, -0.15) is 0 Å². The summed E-state index contributed by atoms with van der Waals surface area (Å²) in [4.78, 5) is 12.5. The topological polar surface area (TPSA) is 38.3 Å². The molecule has 0 saturated heterocycles. The number of carbonyl (C=O) groups excluding carboxylic acids is 1. The molecule has 0 aliphatic heterocycles. The van der Waals surface area contributed by atoms with Crippen LogP contribution >= 0.6 is 0 Å². The number of hydrogen-bond donors (Lipinski definition) is 1. The van der Waals surface area contributed by atoms with Gasteiger partial charge >= 0.3 is 5.97 Å². The molecule has 0 amide bonds. The van der Waals surface area contributed by atoms with Crippen molar-refractivity contribution < 1.29 is 9.53 Å². The highest BCUT2D eigenvalue weighted by atomic mass is 16.5. The van der Waals surface area contributed by atoms with E-state index in [0.717, 1.165) is 16.8 Å². The molecular formula is C22H25NO2. The molecule has 2 aromatic rings. The molecule has 0 bridgehead atoms. The van der Waals surface area contributed by atoms with Crippen LogP contribution < -0.4 is 5.32 Å². The van der Waals surface area contributed by atoms with Crippen molar-refractivity contribution in [1.29, 1.82) is 0 Å². The highest BCUT2D eigenvalue weighted by Crippen LogP contribution is 2.16. The van der Waals surface area contributed by atoms with E-state index in [1.54, 1.807) is 0 Å². The Hall–Kier alpha value is -2.73. The summed E-state index contributed by atoms with van der Waals surface area (Å²) in [5, 5.41) is 3.27. The molecule has 1 N–H and O–H groups in total. The first-order valence-corrected chi connectivity index (χ1v) is 8.50. The van der Waals surface area contributed by atoms with Crippen LogP contribution in [0.15, 0.2) is 48.5 Å². The second-order valence-electron chi connectivity index (χ2n) is 6.54. The molecule has 0 saturated carbocycles. The Balaban J connectivity index is 1.95. The smallest absolute Gasteiger partial charge is 0.329 e. The van der Waals surface area contributed by atoms with Crippen molar-refractivity contribution >= 4 is 11.7 Å². The van der Waals surface area contributed by atoms with E-state index in [1.807, 2.05) is 69.3 Å². The molecule has 2 aromatic carbocycles. The van der Waals surface area contributed by atoms with Gasteiger partial charge in [0.2, 0.25) is 0 Å². The molecule has 2 rings (SSSR count). The normalized spacial score (nSPS) is 11.6. The maximum Gasteiger partial charge on any atom is 0.329 e. The summed E-state index contributed by atoms with van der Waals surface area (Å²) in [6, 6.07) is 15.4. The maximum absolute atomic E-state index is 12.5. The van der Waals surface area contributed by atoms with Crippen LogP contribution in [0.25, 0.3) is 0 Å². The maximum atomic E-state index is 12.5. The predicted octanol–water partition coefficient (Wildman–Crippen LogP) is 4.35. The van der Waals surface area contributed by atoms with Crippen LogP contribution in [0, 0.1) is 25.2 Å². The third kappa shape index (κ3) is 5.69. The Morgan fingerprint density at radius 1 is 1.08 bits per heavy atom. The summed E-state index contributed by atoms with van der Waals surface area (Å²) in [5.41, 5.74) is 4.13. The van der Waals surface area contributed by atoms with Gasteiger partial charge in [-0.25, -0.2) is 4.79 Å². The summed E-state index contributed by atoms with van der Waals surface area (Å²) in [5.74, 6) is 2.48. The number of benzene rings is 2. The Morgan fingerprint density at radius 3 is 2.24 bits per heavy atom. The zero-order valence-electron chi connectivity index (χ0n) is 15.1. The lowest BCUT2D eigenvalue weighted by Gasteiger charge is -2.22. The Labute approximate surface area is 150 Å². The van der Waals surface area contributed by atoms with Gasteiger partial charge in [-0.05, 0) is 36.1 Å². The third-order valence-corrected chi connectivity index (χ3v) is 4.00. The van der Waals surface area contributed by atoms with Crippen molar-refractivity contribution in [2.24, 2.45) is 5.92 Å². The minimum absolute atomic E-state index is 0.117. The van der Waals surface area contributed by atoms with Crippen molar-refractivity contribution in [3.05, 3.63) is 65.2 Å². The van der Waals surface area contributed by atoms with Gasteiger partial charge in [0.25, 0.3) is 0 Å². The molecular weight excluding hydrogens is 310 g/mol. The van der Waals surface area contributed by atoms with E-state index in [4.69, 9.17) is 11.2 Å². The molecule has 0 aliphatic carbocycles. The lowest BCUT2D eigenvalue weighted by atomic mass is 10.0. The molecule has 3 nitrogen and oxygen atoms in total. The first-order chi connectivity index (χ1) is 12.0. The van der Waals surface area contributed by atoms with E-state index in [9.17, 15) is 4.79 Å². The highest BCUT2D eigenvalue weighted by Gasteiger charge is 2.23. The summed E-state index contributed by atoms with van der Waals surface area (Å²) in [6.45, 7) is 6.30. The minimum atomic E-state index is -0.386. The number of terminal acetylenes is 1. The number of hydrogen-bond acceptors (Lipinski definition) is 3. The van der Waals surface area contributed by atoms with Gasteiger partial charge in [0.1, 0.15) is 12.6 Å². The van der Waals surface area contributed by atoms with Crippen molar-refractivity contribution in [3.8, 4) is 12.3 Å².